The fourth-order valence-electron chi connectivity index (χ4n) is 0.414. The number of thioether (sulfide) groups is 1. The molecule has 0 saturated carbocycles. The van der Waals surface area contributed by atoms with E-state index < -0.39 is 10.1 Å². The van der Waals surface area contributed by atoms with Gasteiger partial charge >= 0.3 is 0 Å². The molecule has 0 aliphatic heterocycles. The van der Waals surface area contributed by atoms with E-state index in [1.165, 1.54) is 0 Å². The lowest BCUT2D eigenvalue weighted by Crippen LogP contribution is -2.04. The monoisotopic (exact) mass is 184 g/mol. The van der Waals surface area contributed by atoms with Gasteiger partial charge in [0.2, 0.25) is 0 Å². The summed E-state index contributed by atoms with van der Waals surface area (Å²) in [5, 5.41) is 0. The van der Waals surface area contributed by atoms with E-state index in [2.05, 4.69) is 4.18 Å². The number of rotatable bonds is 5. The zero-order valence-corrected chi connectivity index (χ0v) is 7.80. The van der Waals surface area contributed by atoms with E-state index in [1.54, 1.807) is 11.8 Å². The standard InChI is InChI=1S/C5H12O3S2/c1-9-5-3-4-8-10(2,6)7/h3-5H2,1-2H3. The summed E-state index contributed by atoms with van der Waals surface area (Å²) in [6.45, 7) is 0.305. The first-order valence-electron chi connectivity index (χ1n) is 2.89. The van der Waals surface area contributed by atoms with Gasteiger partial charge in [0.15, 0.2) is 0 Å². The van der Waals surface area contributed by atoms with Crippen LogP contribution in [0.1, 0.15) is 6.42 Å². The zero-order valence-electron chi connectivity index (χ0n) is 6.16. The Morgan fingerprint density at radius 2 is 2.10 bits per heavy atom. The normalized spacial score (nSPS) is 11.8. The third-order valence-electron chi connectivity index (χ3n) is 0.790. The molecule has 62 valence electrons. The maximum absolute atomic E-state index is 10.4. The summed E-state index contributed by atoms with van der Waals surface area (Å²) in [4.78, 5) is 0. The molecule has 0 aromatic rings. The highest BCUT2D eigenvalue weighted by Crippen LogP contribution is 1.97. The van der Waals surface area contributed by atoms with Gasteiger partial charge < -0.3 is 0 Å². The average Bonchev–Trinajstić information content (AvgIpc) is 1.78. The van der Waals surface area contributed by atoms with Gasteiger partial charge in [0.05, 0.1) is 12.9 Å². The summed E-state index contributed by atoms with van der Waals surface area (Å²) >= 11 is 1.68. The second-order valence-corrected chi connectivity index (χ2v) is 4.50. The molecular weight excluding hydrogens is 172 g/mol. The van der Waals surface area contributed by atoms with Gasteiger partial charge in [-0.1, -0.05) is 0 Å². The van der Waals surface area contributed by atoms with Crippen LogP contribution in [0.3, 0.4) is 0 Å². The molecule has 0 bridgehead atoms. The first-order chi connectivity index (χ1) is 4.56. The maximum atomic E-state index is 10.4. The highest BCUT2D eigenvalue weighted by atomic mass is 32.2. The quantitative estimate of drug-likeness (QED) is 0.466. The average molecular weight is 184 g/mol. The number of hydrogen-bond donors (Lipinski definition) is 0. The summed E-state index contributed by atoms with van der Waals surface area (Å²) in [6, 6.07) is 0. The highest BCUT2D eigenvalue weighted by Gasteiger charge is 1.98. The predicted octanol–water partition coefficient (Wildman–Crippen LogP) is 0.716. The Balaban J connectivity index is 3.21. The fraction of sp³-hybridized carbons (Fsp3) is 1.00. The molecule has 5 heteroatoms. The van der Waals surface area contributed by atoms with E-state index in [-0.39, 0.29) is 0 Å². The molecule has 0 heterocycles. The van der Waals surface area contributed by atoms with Gasteiger partial charge in [-0.15, -0.1) is 0 Å². The minimum absolute atomic E-state index is 0.305. The van der Waals surface area contributed by atoms with Crippen molar-refractivity contribution in [1.29, 1.82) is 0 Å². The summed E-state index contributed by atoms with van der Waals surface area (Å²) in [5.41, 5.74) is 0. The Kier molecular flexibility index (Phi) is 5.11. The molecule has 0 aliphatic rings. The molecule has 10 heavy (non-hydrogen) atoms. The zero-order chi connectivity index (χ0) is 8.04. The maximum Gasteiger partial charge on any atom is 0.264 e. The van der Waals surface area contributed by atoms with Crippen molar-refractivity contribution < 1.29 is 12.6 Å². The van der Waals surface area contributed by atoms with Crippen molar-refractivity contribution in [3.63, 3.8) is 0 Å². The topological polar surface area (TPSA) is 43.4 Å². The van der Waals surface area contributed by atoms with Gasteiger partial charge in [0.1, 0.15) is 0 Å². The molecule has 0 fully saturated rings. The molecule has 0 aromatic carbocycles. The molecule has 0 aliphatic carbocycles. The molecule has 0 atom stereocenters. The van der Waals surface area contributed by atoms with Crippen molar-refractivity contribution in [3.8, 4) is 0 Å². The van der Waals surface area contributed by atoms with Crippen LogP contribution in [0.4, 0.5) is 0 Å². The molecule has 0 saturated heterocycles. The van der Waals surface area contributed by atoms with Crippen LogP contribution >= 0.6 is 11.8 Å². The van der Waals surface area contributed by atoms with E-state index >= 15 is 0 Å². The lowest BCUT2D eigenvalue weighted by molar-refractivity contribution is 0.323. The summed E-state index contributed by atoms with van der Waals surface area (Å²) in [6.07, 6.45) is 3.82. The molecule has 0 radical (unpaired) electrons. The van der Waals surface area contributed by atoms with Gasteiger partial charge in [0, 0.05) is 0 Å². The van der Waals surface area contributed by atoms with E-state index in [9.17, 15) is 8.42 Å². The fourth-order valence-corrected chi connectivity index (χ4v) is 1.24. The summed E-state index contributed by atoms with van der Waals surface area (Å²) < 4.78 is 25.2. The van der Waals surface area contributed by atoms with Gasteiger partial charge in [-0.2, -0.15) is 20.2 Å². The number of hydrogen-bond acceptors (Lipinski definition) is 4. The van der Waals surface area contributed by atoms with Gasteiger partial charge in [-0.3, -0.25) is 4.18 Å². The first-order valence-corrected chi connectivity index (χ1v) is 6.10. The van der Waals surface area contributed by atoms with Crippen LogP contribution in [0.15, 0.2) is 0 Å². The van der Waals surface area contributed by atoms with Crippen LogP contribution in [0, 0.1) is 0 Å². The third-order valence-corrected chi connectivity index (χ3v) is 2.08. The molecule has 0 aromatic heterocycles. The van der Waals surface area contributed by atoms with Gasteiger partial charge in [0.25, 0.3) is 10.1 Å². The second-order valence-electron chi connectivity index (χ2n) is 1.87. The van der Waals surface area contributed by atoms with E-state index in [1.807, 2.05) is 6.26 Å². The Bertz CT molecular complexity index is 162. The molecule has 0 spiro atoms. The van der Waals surface area contributed by atoms with E-state index in [4.69, 9.17) is 0 Å². The van der Waals surface area contributed by atoms with E-state index in [0.29, 0.717) is 6.61 Å². The van der Waals surface area contributed by atoms with Crippen LogP contribution < -0.4 is 0 Å². The molecule has 0 N–H and O–H groups in total. The van der Waals surface area contributed by atoms with Crippen LogP contribution in [-0.4, -0.2) is 33.3 Å². The highest BCUT2D eigenvalue weighted by molar-refractivity contribution is 7.98. The third kappa shape index (κ3) is 8.26. The lowest BCUT2D eigenvalue weighted by Gasteiger charge is -1.98. The Morgan fingerprint density at radius 1 is 1.50 bits per heavy atom. The Labute approximate surface area is 66.3 Å². The van der Waals surface area contributed by atoms with Crippen molar-refractivity contribution in [1.82, 2.24) is 0 Å². The van der Waals surface area contributed by atoms with Crippen LogP contribution in [-0.2, 0) is 14.3 Å². The molecular formula is C5H12O3S2. The Morgan fingerprint density at radius 3 is 2.50 bits per heavy atom. The van der Waals surface area contributed by atoms with Crippen molar-refractivity contribution in [2.45, 2.75) is 6.42 Å². The van der Waals surface area contributed by atoms with Crippen LogP contribution in [0.25, 0.3) is 0 Å². The predicted molar refractivity (Wildman–Crippen MR) is 43.8 cm³/mol. The molecule has 0 rings (SSSR count). The minimum Gasteiger partial charge on any atom is -0.270 e. The molecule has 0 amide bonds. The van der Waals surface area contributed by atoms with Crippen LogP contribution in [0.2, 0.25) is 0 Å². The lowest BCUT2D eigenvalue weighted by atomic mass is 10.5. The summed E-state index contributed by atoms with van der Waals surface area (Å²) in [5.74, 6) is 0.940. The largest absolute Gasteiger partial charge is 0.270 e. The van der Waals surface area contributed by atoms with E-state index in [0.717, 1.165) is 18.4 Å². The second kappa shape index (κ2) is 4.98. The van der Waals surface area contributed by atoms with Crippen molar-refractivity contribution in [2.24, 2.45) is 0 Å². The molecule has 3 nitrogen and oxygen atoms in total. The SMILES string of the molecule is CSCCCOS(C)(=O)=O. The summed E-state index contributed by atoms with van der Waals surface area (Å²) in [7, 11) is -3.21. The van der Waals surface area contributed by atoms with Crippen molar-refractivity contribution in [2.75, 3.05) is 24.9 Å². The smallest absolute Gasteiger partial charge is 0.264 e. The minimum atomic E-state index is -3.21. The van der Waals surface area contributed by atoms with Gasteiger partial charge in [-0.05, 0) is 18.4 Å². The van der Waals surface area contributed by atoms with Crippen molar-refractivity contribution in [3.05, 3.63) is 0 Å². The van der Waals surface area contributed by atoms with Gasteiger partial charge in [-0.25, -0.2) is 0 Å². The Hall–Kier alpha value is 0.260. The van der Waals surface area contributed by atoms with Crippen molar-refractivity contribution >= 4 is 21.9 Å². The molecule has 0 unspecified atom stereocenters. The first kappa shape index (κ1) is 10.3. The van der Waals surface area contributed by atoms with Crippen LogP contribution in [0.5, 0.6) is 0 Å².